The molecule has 0 atom stereocenters. The van der Waals surface area contributed by atoms with Crippen LogP contribution >= 0.6 is 11.8 Å². The molecule has 4 aromatic rings. The lowest BCUT2D eigenvalue weighted by molar-refractivity contribution is 0.122. The summed E-state index contributed by atoms with van der Waals surface area (Å²) in [5, 5.41) is 0.963. The van der Waals surface area contributed by atoms with E-state index in [1.54, 1.807) is 0 Å². The minimum atomic E-state index is 0.622. The first kappa shape index (κ1) is 21.4. The molecule has 178 valence electrons. The first-order valence-corrected chi connectivity index (χ1v) is 13.5. The number of ether oxygens (including phenoxy) is 1. The third kappa shape index (κ3) is 3.90. The summed E-state index contributed by atoms with van der Waals surface area (Å²) in [6.07, 6.45) is 7.30. The number of hydrogen-bond donors (Lipinski definition) is 0. The molecule has 3 aromatic heterocycles. The SMILES string of the molecule is C1=Cc2c(cccc2-c2nc(N3CCOCC3)c3oc4ncc(CN5CCSCC5)cc4c3n2)C1. The summed E-state index contributed by atoms with van der Waals surface area (Å²) in [4.78, 5) is 19.6. The molecule has 7 nitrogen and oxygen atoms in total. The van der Waals surface area contributed by atoms with Crippen LogP contribution in [0.1, 0.15) is 16.7 Å². The molecular formula is C27H27N5O2S. The van der Waals surface area contributed by atoms with Gasteiger partial charge in [-0.3, -0.25) is 4.90 Å². The second-order valence-corrected chi connectivity index (χ2v) is 10.5. The molecule has 0 spiro atoms. The molecule has 0 unspecified atom stereocenters. The predicted molar refractivity (Wildman–Crippen MR) is 141 cm³/mol. The molecule has 0 N–H and O–H groups in total. The Morgan fingerprint density at radius 2 is 1.91 bits per heavy atom. The summed E-state index contributed by atoms with van der Waals surface area (Å²) in [5.74, 6) is 3.96. The minimum Gasteiger partial charge on any atom is -0.432 e. The largest absolute Gasteiger partial charge is 0.432 e. The van der Waals surface area contributed by atoms with Gasteiger partial charge in [0, 0.05) is 56.0 Å². The van der Waals surface area contributed by atoms with Crippen LogP contribution in [0, 0.1) is 0 Å². The lowest BCUT2D eigenvalue weighted by atomic mass is 10.0. The van der Waals surface area contributed by atoms with Crippen molar-refractivity contribution < 1.29 is 9.15 Å². The quantitative estimate of drug-likeness (QED) is 0.422. The number of pyridine rings is 1. The monoisotopic (exact) mass is 485 g/mol. The Balaban J connectivity index is 1.39. The van der Waals surface area contributed by atoms with Gasteiger partial charge in [-0.2, -0.15) is 11.8 Å². The van der Waals surface area contributed by atoms with Gasteiger partial charge in [0.1, 0.15) is 5.52 Å². The summed E-state index contributed by atoms with van der Waals surface area (Å²) >= 11 is 2.03. The Hall–Kier alpha value is -2.94. The van der Waals surface area contributed by atoms with Crippen molar-refractivity contribution in [3.05, 3.63) is 53.2 Å². The zero-order chi connectivity index (χ0) is 23.2. The first-order chi connectivity index (χ1) is 17.3. The van der Waals surface area contributed by atoms with Gasteiger partial charge < -0.3 is 14.1 Å². The van der Waals surface area contributed by atoms with Crippen LogP contribution < -0.4 is 4.90 Å². The highest BCUT2D eigenvalue weighted by atomic mass is 32.2. The highest BCUT2D eigenvalue weighted by molar-refractivity contribution is 7.99. The standard InChI is InChI=1S/C27H27N5O2S/c1-3-19-4-2-6-21(20(19)5-1)25-29-23-22-15-18(17-31-9-13-35-14-10-31)16-28-27(22)34-24(23)26(30-25)32-7-11-33-12-8-32/h1-2,4-6,15-16H,3,7-14,17H2. The van der Waals surface area contributed by atoms with Crippen LogP contribution in [0.5, 0.6) is 0 Å². The molecule has 7 rings (SSSR count). The van der Waals surface area contributed by atoms with Crippen molar-refractivity contribution in [2.24, 2.45) is 0 Å². The molecular weight excluding hydrogens is 458 g/mol. The number of fused-ring (bicyclic) bond motifs is 4. The summed E-state index contributed by atoms with van der Waals surface area (Å²) < 4.78 is 11.9. The van der Waals surface area contributed by atoms with Crippen molar-refractivity contribution in [1.82, 2.24) is 19.9 Å². The maximum Gasteiger partial charge on any atom is 0.229 e. The molecule has 35 heavy (non-hydrogen) atoms. The molecule has 2 saturated heterocycles. The molecule has 5 heterocycles. The Bertz CT molecular complexity index is 1440. The Morgan fingerprint density at radius 3 is 2.80 bits per heavy atom. The second-order valence-electron chi connectivity index (χ2n) is 9.32. The smallest absolute Gasteiger partial charge is 0.229 e. The van der Waals surface area contributed by atoms with Crippen LogP contribution in [-0.4, -0.2) is 70.8 Å². The van der Waals surface area contributed by atoms with E-state index in [1.165, 1.54) is 28.2 Å². The highest BCUT2D eigenvalue weighted by Crippen LogP contribution is 2.37. The van der Waals surface area contributed by atoms with Crippen LogP contribution in [0.25, 0.3) is 39.7 Å². The van der Waals surface area contributed by atoms with E-state index < -0.39 is 0 Å². The molecule has 0 bridgehead atoms. The summed E-state index contributed by atoms with van der Waals surface area (Å²) in [5.41, 5.74) is 6.98. The van der Waals surface area contributed by atoms with E-state index in [0.29, 0.717) is 24.5 Å². The summed E-state index contributed by atoms with van der Waals surface area (Å²) in [6, 6.07) is 8.63. The molecule has 0 radical (unpaired) electrons. The van der Waals surface area contributed by atoms with E-state index in [2.05, 4.69) is 46.2 Å². The fourth-order valence-electron chi connectivity index (χ4n) is 5.26. The molecule has 8 heteroatoms. The summed E-state index contributed by atoms with van der Waals surface area (Å²) in [6.45, 7) is 6.07. The number of benzene rings is 1. The number of nitrogens with zero attached hydrogens (tertiary/aromatic N) is 5. The van der Waals surface area contributed by atoms with Crippen LogP contribution in [0.2, 0.25) is 0 Å². The number of allylic oxidation sites excluding steroid dienone is 1. The number of morpholine rings is 1. The molecule has 0 saturated carbocycles. The highest BCUT2D eigenvalue weighted by Gasteiger charge is 2.24. The van der Waals surface area contributed by atoms with E-state index in [1.807, 2.05) is 18.0 Å². The van der Waals surface area contributed by atoms with E-state index in [4.69, 9.17) is 24.1 Å². The maximum atomic E-state index is 6.32. The Morgan fingerprint density at radius 1 is 1.03 bits per heavy atom. The van der Waals surface area contributed by atoms with Crippen molar-refractivity contribution in [2.75, 3.05) is 55.8 Å². The first-order valence-electron chi connectivity index (χ1n) is 12.3. The molecule has 1 aromatic carbocycles. The number of rotatable bonds is 4. The maximum absolute atomic E-state index is 6.32. The van der Waals surface area contributed by atoms with Crippen LogP contribution in [0.3, 0.4) is 0 Å². The normalized spacial score (nSPS) is 18.6. The number of thioether (sulfide) groups is 1. The molecule has 3 aliphatic rings. The van der Waals surface area contributed by atoms with Gasteiger partial charge in [-0.05, 0) is 29.2 Å². The third-order valence-electron chi connectivity index (χ3n) is 7.09. The van der Waals surface area contributed by atoms with Gasteiger partial charge >= 0.3 is 0 Å². The van der Waals surface area contributed by atoms with Crippen molar-refractivity contribution in [3.63, 3.8) is 0 Å². The number of furan rings is 1. The van der Waals surface area contributed by atoms with Crippen molar-refractivity contribution >= 4 is 45.9 Å². The summed E-state index contributed by atoms with van der Waals surface area (Å²) in [7, 11) is 0. The Kier molecular flexibility index (Phi) is 5.45. The zero-order valence-electron chi connectivity index (χ0n) is 19.6. The fraction of sp³-hybridized carbons (Fsp3) is 0.370. The van der Waals surface area contributed by atoms with Crippen molar-refractivity contribution in [2.45, 2.75) is 13.0 Å². The average Bonchev–Trinajstić information content (AvgIpc) is 3.54. The van der Waals surface area contributed by atoms with Gasteiger partial charge in [-0.25, -0.2) is 15.0 Å². The Labute approximate surface area is 208 Å². The van der Waals surface area contributed by atoms with E-state index in [9.17, 15) is 0 Å². The van der Waals surface area contributed by atoms with Crippen LogP contribution in [0.15, 0.2) is 41.0 Å². The van der Waals surface area contributed by atoms with E-state index in [-0.39, 0.29) is 0 Å². The zero-order valence-corrected chi connectivity index (χ0v) is 20.4. The number of anilines is 1. The lowest BCUT2D eigenvalue weighted by Gasteiger charge is -2.27. The minimum absolute atomic E-state index is 0.622. The topological polar surface area (TPSA) is 67.5 Å². The molecule has 2 fully saturated rings. The van der Waals surface area contributed by atoms with Gasteiger partial charge in [0.05, 0.1) is 18.6 Å². The van der Waals surface area contributed by atoms with Crippen LogP contribution in [-0.2, 0) is 17.7 Å². The van der Waals surface area contributed by atoms with Gasteiger partial charge in [0.25, 0.3) is 0 Å². The van der Waals surface area contributed by atoms with Gasteiger partial charge in [0.15, 0.2) is 17.2 Å². The fourth-order valence-corrected chi connectivity index (χ4v) is 6.24. The van der Waals surface area contributed by atoms with E-state index >= 15 is 0 Å². The average molecular weight is 486 g/mol. The number of aromatic nitrogens is 3. The third-order valence-corrected chi connectivity index (χ3v) is 8.03. The predicted octanol–water partition coefficient (Wildman–Crippen LogP) is 4.39. The van der Waals surface area contributed by atoms with Gasteiger partial charge in [-0.15, -0.1) is 0 Å². The van der Waals surface area contributed by atoms with Crippen LogP contribution in [0.4, 0.5) is 5.82 Å². The van der Waals surface area contributed by atoms with E-state index in [0.717, 1.165) is 67.3 Å². The van der Waals surface area contributed by atoms with Gasteiger partial charge in [0.2, 0.25) is 5.71 Å². The number of hydrogen-bond acceptors (Lipinski definition) is 8. The van der Waals surface area contributed by atoms with Crippen molar-refractivity contribution in [3.8, 4) is 11.4 Å². The molecule has 1 aliphatic carbocycles. The van der Waals surface area contributed by atoms with Gasteiger partial charge in [-0.1, -0.05) is 30.4 Å². The second kappa shape index (κ2) is 8.93. The molecule has 2 aliphatic heterocycles. The lowest BCUT2D eigenvalue weighted by Crippen LogP contribution is -2.37. The van der Waals surface area contributed by atoms with Crippen molar-refractivity contribution in [1.29, 1.82) is 0 Å². The molecule has 0 amide bonds.